The average molecular weight is 544 g/mol. The van der Waals surface area contributed by atoms with E-state index in [1.54, 1.807) is 30.1 Å². The van der Waals surface area contributed by atoms with Crippen molar-refractivity contribution in [2.75, 3.05) is 47.3 Å². The maximum absolute atomic E-state index is 13.5. The van der Waals surface area contributed by atoms with Crippen molar-refractivity contribution in [2.45, 2.75) is 19.0 Å². The second-order valence-electron chi connectivity index (χ2n) is 9.53. The molecule has 0 saturated heterocycles. The third-order valence-corrected chi connectivity index (χ3v) is 7.54. The quantitative estimate of drug-likeness (QED) is 0.522. The lowest BCUT2D eigenvalue weighted by Crippen LogP contribution is -2.45. The van der Waals surface area contributed by atoms with Crippen molar-refractivity contribution < 1.29 is 14.4 Å². The van der Waals surface area contributed by atoms with Gasteiger partial charge in [-0.25, -0.2) is 4.79 Å². The van der Waals surface area contributed by atoms with E-state index >= 15 is 0 Å². The van der Waals surface area contributed by atoms with Gasteiger partial charge in [0.05, 0.1) is 33.9 Å². The third kappa shape index (κ3) is 5.92. The van der Waals surface area contributed by atoms with E-state index in [2.05, 4.69) is 5.32 Å². The zero-order chi connectivity index (χ0) is 26.7. The molecular formula is C27H31Cl2N5O3. The van der Waals surface area contributed by atoms with Crippen LogP contribution in [0.15, 0.2) is 59.8 Å². The molecule has 2 aliphatic rings. The van der Waals surface area contributed by atoms with E-state index in [1.807, 2.05) is 54.2 Å². The Morgan fingerprint density at radius 3 is 2.49 bits per heavy atom. The highest BCUT2D eigenvalue weighted by molar-refractivity contribution is 6.42. The largest absolute Gasteiger partial charge is 0.337 e. The summed E-state index contributed by atoms with van der Waals surface area (Å²) in [6.45, 7) is 2.32. The fraction of sp³-hybridized carbons (Fsp3) is 0.370. The van der Waals surface area contributed by atoms with E-state index in [-0.39, 0.29) is 37.4 Å². The summed E-state index contributed by atoms with van der Waals surface area (Å²) in [5.41, 5.74) is 2.67. The summed E-state index contributed by atoms with van der Waals surface area (Å²) >= 11 is 12.7. The molecular weight excluding hydrogens is 513 g/mol. The van der Waals surface area contributed by atoms with Crippen molar-refractivity contribution >= 4 is 41.0 Å². The van der Waals surface area contributed by atoms with Gasteiger partial charge in [0.25, 0.3) is 5.91 Å². The number of benzene rings is 2. The number of nitrogens with zero attached hydrogens (tertiary/aromatic N) is 4. The molecule has 0 radical (unpaired) electrons. The predicted molar refractivity (Wildman–Crippen MR) is 144 cm³/mol. The van der Waals surface area contributed by atoms with Gasteiger partial charge in [-0.05, 0) is 31.3 Å². The lowest BCUT2D eigenvalue weighted by molar-refractivity contribution is -0.133. The molecule has 0 aromatic heterocycles. The molecule has 2 aromatic carbocycles. The summed E-state index contributed by atoms with van der Waals surface area (Å²) in [5, 5.41) is 3.51. The highest BCUT2D eigenvalue weighted by Gasteiger charge is 2.43. The Morgan fingerprint density at radius 1 is 1.05 bits per heavy atom. The molecule has 1 N–H and O–H groups in total. The van der Waals surface area contributed by atoms with Crippen LogP contribution in [0.2, 0.25) is 10.0 Å². The van der Waals surface area contributed by atoms with Crippen molar-refractivity contribution in [2.24, 2.45) is 0 Å². The molecule has 37 heavy (non-hydrogen) atoms. The molecule has 0 fully saturated rings. The van der Waals surface area contributed by atoms with Crippen LogP contribution in [0, 0.1) is 0 Å². The van der Waals surface area contributed by atoms with Crippen molar-refractivity contribution in [3.8, 4) is 0 Å². The molecule has 0 bridgehead atoms. The molecule has 2 aromatic rings. The number of hydrogen-bond acceptors (Lipinski definition) is 4. The van der Waals surface area contributed by atoms with Crippen molar-refractivity contribution in [3.05, 3.63) is 81.0 Å². The molecule has 0 saturated carbocycles. The minimum absolute atomic E-state index is 0.0274. The Balaban J connectivity index is 1.49. The summed E-state index contributed by atoms with van der Waals surface area (Å²) in [7, 11) is 5.57. The van der Waals surface area contributed by atoms with Crippen LogP contribution in [0.25, 0.3) is 0 Å². The summed E-state index contributed by atoms with van der Waals surface area (Å²) in [5.74, 6) is -0.251. The predicted octanol–water partition coefficient (Wildman–Crippen LogP) is 3.77. The summed E-state index contributed by atoms with van der Waals surface area (Å²) < 4.78 is 0. The van der Waals surface area contributed by atoms with Gasteiger partial charge in [-0.3, -0.25) is 14.5 Å². The van der Waals surface area contributed by atoms with Gasteiger partial charge in [-0.15, -0.1) is 0 Å². The number of rotatable bonds is 9. The van der Waals surface area contributed by atoms with Crippen molar-refractivity contribution in [1.82, 2.24) is 24.9 Å². The number of urea groups is 1. The normalized spacial score (nSPS) is 17.4. The van der Waals surface area contributed by atoms with Crippen LogP contribution in [0.3, 0.4) is 0 Å². The molecule has 196 valence electrons. The maximum Gasteiger partial charge on any atom is 0.322 e. The van der Waals surface area contributed by atoms with Gasteiger partial charge in [0.1, 0.15) is 0 Å². The van der Waals surface area contributed by atoms with Gasteiger partial charge < -0.3 is 20.0 Å². The van der Waals surface area contributed by atoms with Gasteiger partial charge in [-0.1, -0.05) is 65.7 Å². The zero-order valence-corrected chi connectivity index (χ0v) is 22.7. The van der Waals surface area contributed by atoms with E-state index in [4.69, 9.17) is 23.2 Å². The number of nitrogens with one attached hydrogen (secondary N) is 1. The van der Waals surface area contributed by atoms with E-state index in [9.17, 15) is 14.4 Å². The van der Waals surface area contributed by atoms with Crippen LogP contribution in [-0.4, -0.2) is 84.8 Å². The lowest BCUT2D eigenvalue weighted by Gasteiger charge is -2.31. The number of halogens is 2. The second-order valence-corrected chi connectivity index (χ2v) is 10.3. The molecule has 10 heteroatoms. The first-order chi connectivity index (χ1) is 17.7. The van der Waals surface area contributed by atoms with E-state index in [1.165, 1.54) is 4.90 Å². The Hall–Kier alpha value is -3.07. The molecule has 4 rings (SSSR count). The lowest BCUT2D eigenvalue weighted by atomic mass is 9.95. The van der Waals surface area contributed by atoms with Gasteiger partial charge in [0, 0.05) is 39.6 Å². The van der Waals surface area contributed by atoms with Crippen molar-refractivity contribution in [3.63, 3.8) is 0 Å². The minimum atomic E-state index is -0.715. The number of amides is 4. The first-order valence-electron chi connectivity index (χ1n) is 12.1. The second kappa shape index (κ2) is 11.5. The van der Waals surface area contributed by atoms with Gasteiger partial charge in [-0.2, -0.15) is 0 Å². The summed E-state index contributed by atoms with van der Waals surface area (Å²) in [6.07, 6.45) is 0.181. The molecule has 2 heterocycles. The number of carbonyl (C=O) groups excluding carboxylic acids is 3. The molecule has 0 unspecified atom stereocenters. The summed E-state index contributed by atoms with van der Waals surface area (Å²) in [6, 6.07) is 14.0. The van der Waals surface area contributed by atoms with Crippen LogP contribution in [-0.2, 0) is 16.1 Å². The standard InChI is InChI=1S/C27H31Cl2N5O3/c1-31(2)14-15-33(16-18-8-5-4-6-9-18)22(35)12-13-34-17-21-23(26(34)36)25(30-27(37)32(21)3)19-10-7-11-20(28)24(19)29/h4-11,25H,12-17H2,1-3H3,(H,30,37)/t25-/m1/s1. The van der Waals surface area contributed by atoms with Crippen LogP contribution in [0.4, 0.5) is 4.79 Å². The first-order valence-corrected chi connectivity index (χ1v) is 12.9. The molecule has 2 aliphatic heterocycles. The van der Waals surface area contributed by atoms with Crippen LogP contribution < -0.4 is 5.32 Å². The number of carbonyl (C=O) groups is 3. The highest BCUT2D eigenvalue weighted by Crippen LogP contribution is 2.39. The SMILES string of the molecule is CN(C)CCN(Cc1ccccc1)C(=O)CCN1CC2=C(C1=O)[C@@H](c1cccc(Cl)c1Cl)NC(=O)N2C. The van der Waals surface area contributed by atoms with E-state index in [0.29, 0.717) is 40.0 Å². The smallest absolute Gasteiger partial charge is 0.322 e. The Labute approximate surface area is 227 Å². The van der Waals surface area contributed by atoms with Gasteiger partial charge in [0.15, 0.2) is 0 Å². The van der Waals surface area contributed by atoms with Crippen LogP contribution in [0.1, 0.15) is 23.6 Å². The first kappa shape index (κ1) is 27.0. The Kier molecular flexibility index (Phi) is 8.42. The van der Waals surface area contributed by atoms with E-state index in [0.717, 1.165) is 12.1 Å². The highest BCUT2D eigenvalue weighted by atomic mass is 35.5. The minimum Gasteiger partial charge on any atom is -0.337 e. The molecule has 0 aliphatic carbocycles. The van der Waals surface area contributed by atoms with Crippen molar-refractivity contribution in [1.29, 1.82) is 0 Å². The monoisotopic (exact) mass is 543 g/mol. The molecule has 1 atom stereocenters. The summed E-state index contributed by atoms with van der Waals surface area (Å²) in [4.78, 5) is 46.4. The Morgan fingerprint density at radius 2 is 1.78 bits per heavy atom. The number of hydrogen-bond donors (Lipinski definition) is 1. The van der Waals surface area contributed by atoms with Crippen LogP contribution in [0.5, 0.6) is 0 Å². The maximum atomic E-state index is 13.5. The molecule has 0 spiro atoms. The fourth-order valence-corrected chi connectivity index (χ4v) is 5.00. The van der Waals surface area contributed by atoms with Gasteiger partial charge >= 0.3 is 6.03 Å². The van der Waals surface area contributed by atoms with Gasteiger partial charge in [0.2, 0.25) is 5.91 Å². The topological polar surface area (TPSA) is 76.2 Å². The fourth-order valence-electron chi connectivity index (χ4n) is 4.59. The van der Waals surface area contributed by atoms with E-state index < -0.39 is 6.04 Å². The zero-order valence-electron chi connectivity index (χ0n) is 21.2. The molecule has 4 amide bonds. The van der Waals surface area contributed by atoms with Crippen LogP contribution >= 0.6 is 23.2 Å². The molecule has 8 nitrogen and oxygen atoms in total. The number of likely N-dealkylation sites (N-methyl/N-ethyl adjacent to an activating group) is 2. The Bertz CT molecular complexity index is 1220. The third-order valence-electron chi connectivity index (χ3n) is 6.71. The average Bonchev–Trinajstić information content (AvgIpc) is 3.21.